The van der Waals surface area contributed by atoms with E-state index in [1.807, 2.05) is 0 Å². The van der Waals surface area contributed by atoms with Gasteiger partial charge in [0, 0.05) is 16.5 Å². The van der Waals surface area contributed by atoms with Gasteiger partial charge >= 0.3 is 5.70 Å². The smallest absolute Gasteiger partial charge is 0.303 e. The summed E-state index contributed by atoms with van der Waals surface area (Å²) in [5.41, 5.74) is -1.60. The van der Waals surface area contributed by atoms with Crippen molar-refractivity contribution in [1.82, 2.24) is 4.98 Å². The first-order valence-corrected chi connectivity index (χ1v) is 8.15. The number of allylic oxidation sites excluding steroid dienone is 1. The van der Waals surface area contributed by atoms with E-state index in [4.69, 9.17) is 21.3 Å². The third-order valence-corrected chi connectivity index (χ3v) is 4.21. The molecule has 0 aliphatic carbocycles. The summed E-state index contributed by atoms with van der Waals surface area (Å²) in [4.78, 5) is 7.02. The lowest BCUT2D eigenvalue weighted by molar-refractivity contribution is 0.366. The summed E-state index contributed by atoms with van der Waals surface area (Å²) in [5.74, 6) is -3.26. The van der Waals surface area contributed by atoms with Crippen LogP contribution < -0.4 is 4.74 Å². The molecule has 0 aliphatic heterocycles. The fraction of sp³-hybridized carbons (Fsp3) is 0.0952. The summed E-state index contributed by atoms with van der Waals surface area (Å²) >= 11 is 0. The summed E-state index contributed by atoms with van der Waals surface area (Å²) < 4.78 is 54.6. The highest BCUT2D eigenvalue weighted by molar-refractivity contribution is 5.91. The average molecular weight is 395 g/mol. The van der Waals surface area contributed by atoms with Crippen molar-refractivity contribution < 1.29 is 22.6 Å². The van der Waals surface area contributed by atoms with Gasteiger partial charge in [0.1, 0.15) is 22.8 Å². The van der Waals surface area contributed by atoms with E-state index in [0.717, 1.165) is 6.07 Å². The van der Waals surface area contributed by atoms with E-state index in [1.165, 1.54) is 44.6 Å². The highest BCUT2D eigenvalue weighted by Gasteiger charge is 2.24. The van der Waals surface area contributed by atoms with Crippen LogP contribution in [0.25, 0.3) is 32.8 Å². The average Bonchev–Trinajstić information content (AvgIpc) is 2.73. The molecule has 0 fully saturated rings. The van der Waals surface area contributed by atoms with Gasteiger partial charge in [-0.25, -0.2) is 28.3 Å². The molecule has 1 aromatic heterocycles. The van der Waals surface area contributed by atoms with Crippen molar-refractivity contribution in [2.45, 2.75) is 0 Å². The molecule has 3 rings (SSSR count). The van der Waals surface area contributed by atoms with Crippen LogP contribution in [0.3, 0.4) is 0 Å². The van der Waals surface area contributed by atoms with Crippen LogP contribution in [0.1, 0.15) is 5.56 Å². The van der Waals surface area contributed by atoms with Gasteiger partial charge in [0.15, 0.2) is 17.4 Å². The molecule has 0 spiro atoms. The molecule has 5 nitrogen and oxygen atoms in total. The van der Waals surface area contributed by atoms with Gasteiger partial charge in [-0.15, -0.1) is 0 Å². The van der Waals surface area contributed by atoms with Gasteiger partial charge in [-0.05, 0) is 24.3 Å². The van der Waals surface area contributed by atoms with Crippen molar-refractivity contribution in [2.24, 2.45) is 0 Å². The van der Waals surface area contributed by atoms with Crippen LogP contribution in [0, 0.1) is 35.4 Å². The van der Waals surface area contributed by atoms with Crippen molar-refractivity contribution in [3.63, 3.8) is 0 Å². The van der Waals surface area contributed by atoms with E-state index in [1.54, 1.807) is 6.07 Å². The largest absolute Gasteiger partial charge is 0.506 e. The number of hydrogen-bond acceptors (Lipinski definition) is 4. The number of hydrogen-bond donors (Lipinski definition) is 0. The van der Waals surface area contributed by atoms with Crippen molar-refractivity contribution in [1.29, 1.82) is 5.26 Å². The summed E-state index contributed by atoms with van der Waals surface area (Å²) in [6.45, 7) is 7.05. The Morgan fingerprint density at radius 1 is 1.10 bits per heavy atom. The van der Waals surface area contributed by atoms with E-state index in [2.05, 4.69) is 9.83 Å². The second-order valence-corrected chi connectivity index (χ2v) is 5.72. The molecule has 1 heterocycles. The number of aromatic nitrogens is 1. The molecule has 0 N–H and O–H groups in total. The van der Waals surface area contributed by atoms with Crippen LogP contribution in [-0.2, 0) is 4.74 Å². The number of pyridine rings is 1. The van der Waals surface area contributed by atoms with E-state index < -0.39 is 28.8 Å². The van der Waals surface area contributed by atoms with Crippen LogP contribution in [0.15, 0.2) is 42.1 Å². The first-order valence-electron chi connectivity index (χ1n) is 8.15. The number of fused-ring (bicyclic) bond motifs is 1. The second-order valence-electron chi connectivity index (χ2n) is 5.72. The number of halogens is 3. The van der Waals surface area contributed by atoms with Crippen LogP contribution in [0.2, 0.25) is 0 Å². The quantitative estimate of drug-likeness (QED) is 0.351. The zero-order chi connectivity index (χ0) is 21.1. The normalized spacial score (nSPS) is 11.4. The molecule has 0 aliphatic rings. The Bertz CT molecular complexity index is 1220. The van der Waals surface area contributed by atoms with Gasteiger partial charge < -0.3 is 9.47 Å². The highest BCUT2D eigenvalue weighted by Crippen LogP contribution is 2.38. The van der Waals surface area contributed by atoms with Crippen molar-refractivity contribution >= 4 is 16.7 Å². The molecule has 29 heavy (non-hydrogen) atoms. The summed E-state index contributed by atoms with van der Waals surface area (Å²) in [6.07, 6.45) is 0. The van der Waals surface area contributed by atoms with E-state index >= 15 is 4.39 Å². The molecular formula is C21H12F3N3O2. The molecule has 144 valence electrons. The van der Waals surface area contributed by atoms with E-state index in [-0.39, 0.29) is 33.5 Å². The Morgan fingerprint density at radius 2 is 1.83 bits per heavy atom. The van der Waals surface area contributed by atoms with Gasteiger partial charge in [-0.3, -0.25) is 0 Å². The predicted octanol–water partition coefficient (Wildman–Crippen LogP) is 5.09. The lowest BCUT2D eigenvalue weighted by Crippen LogP contribution is -2.02. The second kappa shape index (κ2) is 7.91. The zero-order valence-electron chi connectivity index (χ0n) is 15.3. The van der Waals surface area contributed by atoms with Gasteiger partial charge in [0.05, 0.1) is 26.9 Å². The molecule has 0 atom stereocenters. The first kappa shape index (κ1) is 19.7. The van der Waals surface area contributed by atoms with Crippen molar-refractivity contribution in [3.05, 3.63) is 76.5 Å². The van der Waals surface area contributed by atoms with Gasteiger partial charge in [-0.2, -0.15) is 0 Å². The van der Waals surface area contributed by atoms with Crippen LogP contribution in [0.5, 0.6) is 5.75 Å². The third-order valence-electron chi connectivity index (χ3n) is 4.21. The van der Waals surface area contributed by atoms with Gasteiger partial charge in [0.2, 0.25) is 0 Å². The SMILES string of the molecule is [C-]#[N+]/C(C#N)=C(\OC)c1ccc2c(OC)c(F)c(-c3ccccc3F)nc2c1F. The standard InChI is InChI=1S/C21H12F3N3O2/c1-26-15(10-25)20(28-2)12-8-9-13-19(16(12)23)27-18(17(24)21(13)29-3)11-6-4-5-7-14(11)22/h4-9H,2-3H3/b20-15-. The number of nitrogens with zero attached hydrogens (tertiary/aromatic N) is 3. The van der Waals surface area contributed by atoms with Crippen LogP contribution in [0.4, 0.5) is 13.2 Å². The Morgan fingerprint density at radius 3 is 2.41 bits per heavy atom. The lowest BCUT2D eigenvalue weighted by atomic mass is 10.0. The number of methoxy groups -OCH3 is 2. The summed E-state index contributed by atoms with van der Waals surface area (Å²) in [7, 11) is 2.38. The van der Waals surface area contributed by atoms with Crippen LogP contribution >= 0.6 is 0 Å². The minimum absolute atomic E-state index is 0.00288. The molecule has 0 saturated carbocycles. The fourth-order valence-corrected chi connectivity index (χ4v) is 2.91. The van der Waals surface area contributed by atoms with E-state index in [0.29, 0.717) is 0 Å². The molecule has 3 aromatic rings. The first-order chi connectivity index (χ1) is 14.0. The number of ether oxygens (including phenoxy) is 2. The molecule has 0 bridgehead atoms. The molecule has 2 aromatic carbocycles. The van der Waals surface area contributed by atoms with Crippen LogP contribution in [-0.4, -0.2) is 19.2 Å². The molecule has 0 amide bonds. The van der Waals surface area contributed by atoms with Crippen molar-refractivity contribution in [3.8, 4) is 23.1 Å². The highest BCUT2D eigenvalue weighted by atomic mass is 19.1. The number of benzene rings is 2. The molecular weight excluding hydrogens is 383 g/mol. The van der Waals surface area contributed by atoms with E-state index in [9.17, 15) is 8.78 Å². The molecule has 8 heteroatoms. The van der Waals surface area contributed by atoms with Gasteiger partial charge in [-0.1, -0.05) is 12.1 Å². The maximum Gasteiger partial charge on any atom is 0.303 e. The predicted molar refractivity (Wildman–Crippen MR) is 99.7 cm³/mol. The minimum atomic E-state index is -0.966. The monoisotopic (exact) mass is 395 g/mol. The summed E-state index contributed by atoms with van der Waals surface area (Å²) in [6, 6.07) is 9.53. The van der Waals surface area contributed by atoms with Crippen molar-refractivity contribution in [2.75, 3.05) is 14.2 Å². The Kier molecular flexibility index (Phi) is 5.38. The molecule has 0 radical (unpaired) electrons. The lowest BCUT2D eigenvalue weighted by Gasteiger charge is -2.14. The Balaban J connectivity index is 2.43. The maximum atomic E-state index is 15.3. The van der Waals surface area contributed by atoms with Gasteiger partial charge in [0.25, 0.3) is 0 Å². The third kappa shape index (κ3) is 3.21. The Labute approximate surface area is 164 Å². The minimum Gasteiger partial charge on any atom is -0.506 e. The topological polar surface area (TPSA) is 59.5 Å². The molecule has 0 saturated heterocycles. The number of rotatable bonds is 4. The number of nitriles is 1. The maximum absolute atomic E-state index is 15.3. The molecule has 0 unspecified atom stereocenters. The zero-order valence-corrected chi connectivity index (χ0v) is 15.3. The fourth-order valence-electron chi connectivity index (χ4n) is 2.91. The Hall–Kier alpha value is -4.04. The summed E-state index contributed by atoms with van der Waals surface area (Å²) in [5, 5.41) is 9.09.